The molecule has 0 aliphatic carbocycles. The van der Waals surface area contributed by atoms with E-state index in [4.69, 9.17) is 21.9 Å². The maximum Gasteiger partial charge on any atom is 0.174 e. The first kappa shape index (κ1) is 13.6. The Labute approximate surface area is 118 Å². The van der Waals surface area contributed by atoms with E-state index in [1.165, 1.54) is 0 Å². The minimum absolute atomic E-state index is 0.264. The van der Waals surface area contributed by atoms with Crippen molar-refractivity contribution in [1.29, 1.82) is 0 Å². The van der Waals surface area contributed by atoms with Crippen molar-refractivity contribution in [2.75, 3.05) is 0 Å². The Morgan fingerprint density at radius 1 is 1.67 bits per heavy atom. The SMILES string of the molecule is CCCn1ncc(Cl)c1C(NN)c1ccoc1Br. The molecule has 2 heterocycles. The van der Waals surface area contributed by atoms with E-state index < -0.39 is 0 Å². The Morgan fingerprint density at radius 2 is 2.44 bits per heavy atom. The summed E-state index contributed by atoms with van der Waals surface area (Å²) in [5.74, 6) is 5.65. The standard InChI is InChI=1S/C11H14BrClN4O/c1-2-4-17-10(8(13)6-15-17)9(16-14)7-3-5-18-11(7)12/h3,5-6,9,16H,2,4,14H2,1H3. The number of nitrogens with zero attached hydrogens (tertiary/aromatic N) is 2. The van der Waals surface area contributed by atoms with Crippen molar-refractivity contribution in [1.82, 2.24) is 15.2 Å². The number of hydrazine groups is 1. The summed E-state index contributed by atoms with van der Waals surface area (Å²) in [6.07, 6.45) is 4.19. The van der Waals surface area contributed by atoms with Crippen molar-refractivity contribution in [2.24, 2.45) is 5.84 Å². The second-order valence-electron chi connectivity index (χ2n) is 3.85. The molecule has 5 nitrogen and oxygen atoms in total. The monoisotopic (exact) mass is 332 g/mol. The van der Waals surface area contributed by atoms with Crippen LogP contribution in [0.25, 0.3) is 0 Å². The zero-order valence-corrected chi connectivity index (χ0v) is 12.2. The third kappa shape index (κ3) is 2.47. The summed E-state index contributed by atoms with van der Waals surface area (Å²) in [6.45, 7) is 2.87. The van der Waals surface area contributed by atoms with Crippen LogP contribution >= 0.6 is 27.5 Å². The molecule has 0 fully saturated rings. The maximum absolute atomic E-state index is 6.20. The van der Waals surface area contributed by atoms with Gasteiger partial charge in [0.05, 0.1) is 29.2 Å². The average Bonchev–Trinajstić information content (AvgIpc) is 2.91. The highest BCUT2D eigenvalue weighted by Gasteiger charge is 2.24. The normalized spacial score (nSPS) is 12.9. The van der Waals surface area contributed by atoms with E-state index in [1.807, 2.05) is 10.7 Å². The fourth-order valence-electron chi connectivity index (χ4n) is 1.88. The van der Waals surface area contributed by atoms with E-state index in [0.717, 1.165) is 24.2 Å². The number of rotatable bonds is 5. The average molecular weight is 334 g/mol. The zero-order chi connectivity index (χ0) is 13.1. The van der Waals surface area contributed by atoms with Crippen LogP contribution < -0.4 is 11.3 Å². The maximum atomic E-state index is 6.20. The predicted molar refractivity (Wildman–Crippen MR) is 73.1 cm³/mol. The molecule has 0 aliphatic rings. The predicted octanol–water partition coefficient (Wildman–Crippen LogP) is 2.85. The van der Waals surface area contributed by atoms with Crippen LogP contribution in [-0.4, -0.2) is 9.78 Å². The third-order valence-electron chi connectivity index (χ3n) is 2.67. The van der Waals surface area contributed by atoms with Crippen LogP contribution in [0.2, 0.25) is 5.02 Å². The molecular weight excluding hydrogens is 320 g/mol. The number of furan rings is 1. The summed E-state index contributed by atoms with van der Waals surface area (Å²) in [5.41, 5.74) is 4.47. The highest BCUT2D eigenvalue weighted by molar-refractivity contribution is 9.10. The molecule has 2 aromatic heterocycles. The molecule has 0 bridgehead atoms. The van der Waals surface area contributed by atoms with Crippen LogP contribution in [0.1, 0.15) is 30.6 Å². The summed E-state index contributed by atoms with van der Waals surface area (Å²) in [6, 6.07) is 1.58. The van der Waals surface area contributed by atoms with Crippen LogP contribution in [0.3, 0.4) is 0 Å². The molecule has 3 N–H and O–H groups in total. The molecule has 0 saturated carbocycles. The van der Waals surface area contributed by atoms with Crippen LogP contribution in [0.4, 0.5) is 0 Å². The number of nitrogens with two attached hydrogens (primary N) is 1. The molecule has 1 unspecified atom stereocenters. The van der Waals surface area contributed by atoms with Gasteiger partial charge < -0.3 is 4.42 Å². The van der Waals surface area contributed by atoms with Gasteiger partial charge in [-0.2, -0.15) is 5.10 Å². The van der Waals surface area contributed by atoms with Gasteiger partial charge in [-0.05, 0) is 28.4 Å². The van der Waals surface area contributed by atoms with Gasteiger partial charge in [0.2, 0.25) is 0 Å². The Morgan fingerprint density at radius 3 is 3.00 bits per heavy atom. The molecule has 0 aliphatic heterocycles. The molecule has 98 valence electrons. The molecule has 0 spiro atoms. The van der Waals surface area contributed by atoms with Gasteiger partial charge in [-0.1, -0.05) is 18.5 Å². The highest BCUT2D eigenvalue weighted by atomic mass is 79.9. The van der Waals surface area contributed by atoms with E-state index >= 15 is 0 Å². The molecule has 2 aromatic rings. The van der Waals surface area contributed by atoms with E-state index in [9.17, 15) is 0 Å². The summed E-state index contributed by atoms with van der Waals surface area (Å²) in [7, 11) is 0. The van der Waals surface area contributed by atoms with Gasteiger partial charge in [-0.3, -0.25) is 10.5 Å². The first-order chi connectivity index (χ1) is 8.69. The minimum Gasteiger partial charge on any atom is -0.457 e. The first-order valence-corrected chi connectivity index (χ1v) is 6.76. The van der Waals surface area contributed by atoms with Crippen LogP contribution in [0.15, 0.2) is 27.6 Å². The second kappa shape index (κ2) is 5.88. The van der Waals surface area contributed by atoms with E-state index in [0.29, 0.717) is 9.69 Å². The van der Waals surface area contributed by atoms with Gasteiger partial charge >= 0.3 is 0 Å². The van der Waals surface area contributed by atoms with Gasteiger partial charge in [0.25, 0.3) is 0 Å². The lowest BCUT2D eigenvalue weighted by molar-refractivity contribution is 0.502. The van der Waals surface area contributed by atoms with Crippen LogP contribution in [0.5, 0.6) is 0 Å². The van der Waals surface area contributed by atoms with Gasteiger partial charge in [0.15, 0.2) is 4.67 Å². The van der Waals surface area contributed by atoms with Crippen molar-refractivity contribution in [2.45, 2.75) is 25.9 Å². The van der Waals surface area contributed by atoms with Crippen molar-refractivity contribution < 1.29 is 4.42 Å². The molecule has 0 amide bonds. The lowest BCUT2D eigenvalue weighted by Gasteiger charge is -2.17. The molecule has 0 radical (unpaired) electrons. The number of aryl methyl sites for hydroxylation is 1. The summed E-state index contributed by atoms with van der Waals surface area (Å²) in [4.78, 5) is 0. The minimum atomic E-state index is -0.264. The van der Waals surface area contributed by atoms with Gasteiger partial charge in [0.1, 0.15) is 0 Å². The Kier molecular flexibility index (Phi) is 4.45. The summed E-state index contributed by atoms with van der Waals surface area (Å²) in [5, 5.41) is 4.84. The van der Waals surface area contributed by atoms with E-state index in [-0.39, 0.29) is 6.04 Å². The summed E-state index contributed by atoms with van der Waals surface area (Å²) >= 11 is 9.55. The van der Waals surface area contributed by atoms with Gasteiger partial charge in [-0.15, -0.1) is 0 Å². The molecule has 1 atom stereocenters. The molecule has 0 aromatic carbocycles. The zero-order valence-electron chi connectivity index (χ0n) is 9.86. The molecule has 7 heteroatoms. The van der Waals surface area contributed by atoms with E-state index in [1.54, 1.807) is 12.5 Å². The van der Waals surface area contributed by atoms with Crippen molar-refractivity contribution >= 4 is 27.5 Å². The lowest BCUT2D eigenvalue weighted by atomic mass is 10.1. The summed E-state index contributed by atoms with van der Waals surface area (Å²) < 4.78 is 7.72. The van der Waals surface area contributed by atoms with Gasteiger partial charge in [-0.25, -0.2) is 5.43 Å². The third-order valence-corrected chi connectivity index (χ3v) is 3.60. The molecule has 2 rings (SSSR count). The number of aromatic nitrogens is 2. The highest BCUT2D eigenvalue weighted by Crippen LogP contribution is 2.32. The van der Waals surface area contributed by atoms with Crippen molar-refractivity contribution in [3.63, 3.8) is 0 Å². The number of hydrogen-bond donors (Lipinski definition) is 2. The van der Waals surface area contributed by atoms with Crippen molar-refractivity contribution in [3.8, 4) is 0 Å². The topological polar surface area (TPSA) is 69.0 Å². The number of nitrogens with one attached hydrogen (secondary N) is 1. The lowest BCUT2D eigenvalue weighted by Crippen LogP contribution is -2.31. The first-order valence-electron chi connectivity index (χ1n) is 5.59. The quantitative estimate of drug-likeness (QED) is 0.652. The fourth-order valence-corrected chi connectivity index (χ4v) is 2.59. The number of hydrogen-bond acceptors (Lipinski definition) is 4. The second-order valence-corrected chi connectivity index (χ2v) is 4.98. The molecule has 18 heavy (non-hydrogen) atoms. The number of halogens is 2. The van der Waals surface area contributed by atoms with Gasteiger partial charge in [0, 0.05) is 12.1 Å². The Bertz CT molecular complexity index is 525. The Hall–Kier alpha value is -0.820. The molecular formula is C11H14BrClN4O. The van der Waals surface area contributed by atoms with Crippen molar-refractivity contribution in [3.05, 3.63) is 39.5 Å². The fraction of sp³-hybridized carbons (Fsp3) is 0.364. The largest absolute Gasteiger partial charge is 0.457 e. The smallest absolute Gasteiger partial charge is 0.174 e. The van der Waals surface area contributed by atoms with Crippen LogP contribution in [-0.2, 0) is 6.54 Å². The van der Waals surface area contributed by atoms with Crippen LogP contribution in [0, 0.1) is 0 Å². The Balaban J connectivity index is 2.45. The van der Waals surface area contributed by atoms with E-state index in [2.05, 4.69) is 33.4 Å². The molecule has 0 saturated heterocycles.